The zero-order valence-corrected chi connectivity index (χ0v) is 12.0. The molecule has 0 amide bonds. The van der Waals surface area contributed by atoms with Gasteiger partial charge in [-0.25, -0.2) is 4.98 Å². The van der Waals surface area contributed by atoms with Crippen LogP contribution in [0.3, 0.4) is 0 Å². The highest BCUT2D eigenvalue weighted by Crippen LogP contribution is 2.27. The van der Waals surface area contributed by atoms with E-state index in [4.69, 9.17) is 18.0 Å². The average molecular weight is 263 g/mol. The predicted octanol–water partition coefficient (Wildman–Crippen LogP) is 2.65. The average Bonchev–Trinajstić information content (AvgIpc) is 2.77. The van der Waals surface area contributed by atoms with Gasteiger partial charge in [0.05, 0.1) is 5.56 Å². The standard InChI is InChI=1S/C14H21N3S/c1-3-4-11-7-8-17(9-11)14-12(13(15)18)6-5-10(2)16-14/h5-6,11H,3-4,7-9H2,1-2H3,(H2,15,18). The van der Waals surface area contributed by atoms with E-state index in [0.717, 1.165) is 36.1 Å². The van der Waals surface area contributed by atoms with Gasteiger partial charge in [-0.1, -0.05) is 25.6 Å². The summed E-state index contributed by atoms with van der Waals surface area (Å²) in [5.41, 5.74) is 7.72. The van der Waals surface area contributed by atoms with Crippen molar-refractivity contribution in [2.24, 2.45) is 11.7 Å². The molecule has 0 spiro atoms. The first-order valence-electron chi connectivity index (χ1n) is 6.64. The zero-order chi connectivity index (χ0) is 13.1. The SMILES string of the molecule is CCCC1CCN(c2nc(C)ccc2C(N)=S)C1. The summed E-state index contributed by atoms with van der Waals surface area (Å²) in [6.07, 6.45) is 3.80. The summed E-state index contributed by atoms with van der Waals surface area (Å²) < 4.78 is 0. The third-order valence-electron chi connectivity index (χ3n) is 3.56. The molecule has 0 bridgehead atoms. The number of rotatable bonds is 4. The molecule has 1 unspecified atom stereocenters. The van der Waals surface area contributed by atoms with E-state index in [1.165, 1.54) is 19.3 Å². The highest BCUT2D eigenvalue weighted by atomic mass is 32.1. The van der Waals surface area contributed by atoms with Crippen molar-refractivity contribution in [2.45, 2.75) is 33.1 Å². The number of anilines is 1. The van der Waals surface area contributed by atoms with Crippen molar-refractivity contribution < 1.29 is 0 Å². The normalized spacial score (nSPS) is 19.2. The lowest BCUT2D eigenvalue weighted by molar-refractivity contribution is 0.529. The van der Waals surface area contributed by atoms with Gasteiger partial charge in [0.2, 0.25) is 0 Å². The number of thiocarbonyl (C=S) groups is 1. The van der Waals surface area contributed by atoms with Crippen molar-refractivity contribution in [3.05, 3.63) is 23.4 Å². The van der Waals surface area contributed by atoms with Crippen LogP contribution in [0.4, 0.5) is 5.82 Å². The van der Waals surface area contributed by atoms with Gasteiger partial charge in [-0.15, -0.1) is 0 Å². The molecule has 18 heavy (non-hydrogen) atoms. The van der Waals surface area contributed by atoms with Crippen molar-refractivity contribution in [2.75, 3.05) is 18.0 Å². The maximum absolute atomic E-state index is 5.79. The van der Waals surface area contributed by atoms with E-state index in [1.807, 2.05) is 19.1 Å². The van der Waals surface area contributed by atoms with E-state index in [-0.39, 0.29) is 0 Å². The lowest BCUT2D eigenvalue weighted by Gasteiger charge is -2.21. The molecule has 1 fully saturated rings. The van der Waals surface area contributed by atoms with E-state index in [9.17, 15) is 0 Å². The molecule has 0 radical (unpaired) electrons. The first-order valence-corrected chi connectivity index (χ1v) is 7.05. The smallest absolute Gasteiger partial charge is 0.139 e. The Labute approximate surface area is 114 Å². The van der Waals surface area contributed by atoms with Crippen LogP contribution in [0.5, 0.6) is 0 Å². The van der Waals surface area contributed by atoms with Crippen molar-refractivity contribution >= 4 is 23.0 Å². The van der Waals surface area contributed by atoms with E-state index >= 15 is 0 Å². The first-order chi connectivity index (χ1) is 8.61. The molecule has 1 aliphatic rings. The Hall–Kier alpha value is -1.16. The van der Waals surface area contributed by atoms with Gasteiger partial charge in [0.1, 0.15) is 10.8 Å². The Kier molecular flexibility index (Phi) is 4.17. The molecule has 2 N–H and O–H groups in total. The van der Waals surface area contributed by atoms with Crippen LogP contribution in [-0.4, -0.2) is 23.1 Å². The number of aryl methyl sites for hydroxylation is 1. The highest BCUT2D eigenvalue weighted by molar-refractivity contribution is 7.80. The molecule has 1 saturated heterocycles. The van der Waals surface area contributed by atoms with Gasteiger partial charge >= 0.3 is 0 Å². The Morgan fingerprint density at radius 1 is 1.56 bits per heavy atom. The lowest BCUT2D eigenvalue weighted by atomic mass is 10.0. The summed E-state index contributed by atoms with van der Waals surface area (Å²) in [6.45, 7) is 6.40. The monoisotopic (exact) mass is 263 g/mol. The van der Waals surface area contributed by atoms with Gasteiger partial charge < -0.3 is 10.6 Å². The summed E-state index contributed by atoms with van der Waals surface area (Å²) >= 11 is 5.12. The highest BCUT2D eigenvalue weighted by Gasteiger charge is 2.25. The Bertz CT molecular complexity index is 445. The van der Waals surface area contributed by atoms with Gasteiger partial charge in [-0.2, -0.15) is 0 Å². The molecule has 0 saturated carbocycles. The summed E-state index contributed by atoms with van der Waals surface area (Å²) in [5, 5.41) is 0. The molecule has 98 valence electrons. The van der Waals surface area contributed by atoms with Crippen LogP contribution >= 0.6 is 12.2 Å². The predicted molar refractivity (Wildman–Crippen MR) is 80.1 cm³/mol. The zero-order valence-electron chi connectivity index (χ0n) is 11.1. The van der Waals surface area contributed by atoms with Gasteiger partial charge in [0, 0.05) is 18.8 Å². The molecule has 3 nitrogen and oxygen atoms in total. The molecule has 2 rings (SSSR count). The van der Waals surface area contributed by atoms with Crippen LogP contribution in [0.2, 0.25) is 0 Å². The molecule has 4 heteroatoms. The van der Waals surface area contributed by atoms with Crippen LogP contribution < -0.4 is 10.6 Å². The minimum Gasteiger partial charge on any atom is -0.389 e. The Morgan fingerprint density at radius 3 is 3.00 bits per heavy atom. The van der Waals surface area contributed by atoms with Crippen molar-refractivity contribution in [3.8, 4) is 0 Å². The molecule has 1 aliphatic heterocycles. The van der Waals surface area contributed by atoms with Crippen LogP contribution in [0.1, 0.15) is 37.4 Å². The maximum atomic E-state index is 5.79. The van der Waals surface area contributed by atoms with E-state index < -0.39 is 0 Å². The maximum Gasteiger partial charge on any atom is 0.139 e. The second kappa shape index (κ2) is 5.65. The fourth-order valence-electron chi connectivity index (χ4n) is 2.65. The summed E-state index contributed by atoms with van der Waals surface area (Å²) in [5.74, 6) is 1.76. The fraction of sp³-hybridized carbons (Fsp3) is 0.571. The van der Waals surface area contributed by atoms with Crippen LogP contribution in [-0.2, 0) is 0 Å². The quantitative estimate of drug-likeness (QED) is 0.848. The molecular formula is C14H21N3S. The van der Waals surface area contributed by atoms with Gasteiger partial charge in [-0.3, -0.25) is 0 Å². The minimum atomic E-state index is 0.441. The van der Waals surface area contributed by atoms with Crippen molar-refractivity contribution in [1.82, 2.24) is 4.98 Å². The first kappa shape index (κ1) is 13.3. The largest absolute Gasteiger partial charge is 0.389 e. The van der Waals surface area contributed by atoms with Crippen LogP contribution in [0.25, 0.3) is 0 Å². The van der Waals surface area contributed by atoms with Crippen molar-refractivity contribution in [3.63, 3.8) is 0 Å². The molecule has 0 aromatic carbocycles. The third-order valence-corrected chi connectivity index (χ3v) is 3.78. The van der Waals surface area contributed by atoms with Gasteiger partial charge in [-0.05, 0) is 37.8 Å². The molecule has 1 aromatic rings. The van der Waals surface area contributed by atoms with Gasteiger partial charge in [0.25, 0.3) is 0 Å². The fourth-order valence-corrected chi connectivity index (χ4v) is 2.80. The number of hydrogen-bond donors (Lipinski definition) is 1. The molecule has 1 atom stereocenters. The van der Waals surface area contributed by atoms with Crippen molar-refractivity contribution in [1.29, 1.82) is 0 Å². The summed E-state index contributed by atoms with van der Waals surface area (Å²) in [7, 11) is 0. The molecule has 2 heterocycles. The summed E-state index contributed by atoms with van der Waals surface area (Å²) in [4.78, 5) is 7.41. The number of pyridine rings is 1. The molecule has 0 aliphatic carbocycles. The minimum absolute atomic E-state index is 0.441. The number of aromatic nitrogens is 1. The Morgan fingerprint density at radius 2 is 2.33 bits per heavy atom. The number of nitrogens with two attached hydrogens (primary N) is 1. The van der Waals surface area contributed by atoms with Crippen LogP contribution in [0.15, 0.2) is 12.1 Å². The Balaban J connectivity index is 2.23. The molecule has 1 aromatic heterocycles. The topological polar surface area (TPSA) is 42.2 Å². The van der Waals surface area contributed by atoms with E-state index in [2.05, 4.69) is 16.8 Å². The number of hydrogen-bond acceptors (Lipinski definition) is 3. The number of nitrogens with zero attached hydrogens (tertiary/aromatic N) is 2. The second-order valence-corrected chi connectivity index (χ2v) is 5.52. The van der Waals surface area contributed by atoms with Gasteiger partial charge in [0.15, 0.2) is 0 Å². The van der Waals surface area contributed by atoms with E-state index in [0.29, 0.717) is 4.99 Å². The second-order valence-electron chi connectivity index (χ2n) is 5.08. The lowest BCUT2D eigenvalue weighted by Crippen LogP contribution is -2.25. The van der Waals surface area contributed by atoms with E-state index in [1.54, 1.807) is 0 Å². The van der Waals surface area contributed by atoms with Crippen LogP contribution in [0, 0.1) is 12.8 Å². The third kappa shape index (κ3) is 2.80. The molecular weight excluding hydrogens is 242 g/mol. The summed E-state index contributed by atoms with van der Waals surface area (Å²) in [6, 6.07) is 3.96.